The first kappa shape index (κ1) is 13.2. The number of aliphatic carboxylic acids is 1. The van der Waals surface area contributed by atoms with Crippen molar-refractivity contribution in [2.24, 2.45) is 0 Å². The summed E-state index contributed by atoms with van der Waals surface area (Å²) in [5.74, 6) is -0.850. The van der Waals surface area contributed by atoms with E-state index in [1.165, 1.54) is 12.8 Å². The molecule has 92 valence electrons. The lowest BCUT2D eigenvalue weighted by molar-refractivity contribution is -0.132. The van der Waals surface area contributed by atoms with Crippen molar-refractivity contribution in [1.82, 2.24) is 5.32 Å². The van der Waals surface area contributed by atoms with Crippen LogP contribution >= 0.6 is 0 Å². The fourth-order valence-corrected chi connectivity index (χ4v) is 1.71. The molecule has 0 saturated carbocycles. The fraction of sp³-hybridized carbons (Fsp3) is 0.750. The lowest BCUT2D eigenvalue weighted by Crippen LogP contribution is -2.25. The van der Waals surface area contributed by atoms with Crippen LogP contribution in [0.25, 0.3) is 0 Å². The van der Waals surface area contributed by atoms with Crippen LogP contribution in [0.2, 0.25) is 0 Å². The molecule has 1 atom stereocenters. The number of hydrogen-bond acceptors (Lipinski definition) is 3. The van der Waals surface area contributed by atoms with Crippen LogP contribution in [0, 0.1) is 0 Å². The maximum atomic E-state index is 10.5. The summed E-state index contributed by atoms with van der Waals surface area (Å²) in [5.41, 5.74) is 0.390. The van der Waals surface area contributed by atoms with Crippen LogP contribution in [0.3, 0.4) is 0 Å². The van der Waals surface area contributed by atoms with E-state index in [0.29, 0.717) is 18.2 Å². The Kier molecular flexibility index (Phi) is 6.11. The summed E-state index contributed by atoms with van der Waals surface area (Å²) in [6, 6.07) is 0. The minimum atomic E-state index is -0.850. The highest BCUT2D eigenvalue weighted by atomic mass is 16.5. The summed E-state index contributed by atoms with van der Waals surface area (Å²) in [7, 11) is 0. The van der Waals surface area contributed by atoms with Crippen LogP contribution < -0.4 is 5.32 Å². The van der Waals surface area contributed by atoms with Crippen molar-refractivity contribution in [3.8, 4) is 0 Å². The third-order valence-electron chi connectivity index (χ3n) is 2.81. The van der Waals surface area contributed by atoms with Crippen LogP contribution in [0.5, 0.6) is 0 Å². The second kappa shape index (κ2) is 7.41. The van der Waals surface area contributed by atoms with Crippen molar-refractivity contribution in [2.75, 3.05) is 19.7 Å². The van der Waals surface area contributed by atoms with Gasteiger partial charge in [0.2, 0.25) is 0 Å². The monoisotopic (exact) mass is 227 g/mol. The van der Waals surface area contributed by atoms with Crippen molar-refractivity contribution in [1.29, 1.82) is 0 Å². The molecule has 1 heterocycles. The molecule has 4 nitrogen and oxygen atoms in total. The Bertz CT molecular complexity index is 245. The molecule has 1 fully saturated rings. The molecule has 1 aliphatic heterocycles. The predicted molar refractivity (Wildman–Crippen MR) is 62.5 cm³/mol. The molecular formula is C12H21NO3. The van der Waals surface area contributed by atoms with Crippen LogP contribution in [0.4, 0.5) is 0 Å². The van der Waals surface area contributed by atoms with E-state index < -0.39 is 5.97 Å². The highest BCUT2D eigenvalue weighted by molar-refractivity contribution is 5.85. The first-order chi connectivity index (χ1) is 7.70. The summed E-state index contributed by atoms with van der Waals surface area (Å²) in [6.07, 6.45) is 6.72. The third-order valence-corrected chi connectivity index (χ3v) is 2.81. The van der Waals surface area contributed by atoms with Crippen LogP contribution in [-0.4, -0.2) is 36.9 Å². The first-order valence-electron chi connectivity index (χ1n) is 5.92. The van der Waals surface area contributed by atoms with Crippen molar-refractivity contribution in [3.05, 3.63) is 11.6 Å². The van der Waals surface area contributed by atoms with Gasteiger partial charge in [-0.2, -0.15) is 0 Å². The summed E-state index contributed by atoms with van der Waals surface area (Å²) < 4.78 is 5.59. The van der Waals surface area contributed by atoms with Crippen molar-refractivity contribution in [2.45, 2.75) is 38.7 Å². The molecule has 0 radical (unpaired) electrons. The second-order valence-electron chi connectivity index (χ2n) is 4.17. The van der Waals surface area contributed by atoms with E-state index >= 15 is 0 Å². The zero-order valence-corrected chi connectivity index (χ0v) is 9.87. The molecule has 16 heavy (non-hydrogen) atoms. The van der Waals surface area contributed by atoms with Gasteiger partial charge >= 0.3 is 5.97 Å². The van der Waals surface area contributed by atoms with Gasteiger partial charge in [0, 0.05) is 18.7 Å². The van der Waals surface area contributed by atoms with Gasteiger partial charge in [0.05, 0.1) is 6.10 Å². The Morgan fingerprint density at radius 1 is 1.56 bits per heavy atom. The van der Waals surface area contributed by atoms with E-state index in [4.69, 9.17) is 9.84 Å². The maximum Gasteiger partial charge on any atom is 0.330 e. The zero-order valence-electron chi connectivity index (χ0n) is 9.87. The van der Waals surface area contributed by atoms with Crippen LogP contribution in [0.15, 0.2) is 11.6 Å². The molecular weight excluding hydrogens is 206 g/mol. The fourth-order valence-electron chi connectivity index (χ4n) is 1.71. The Hall–Kier alpha value is -0.870. The zero-order chi connectivity index (χ0) is 11.8. The number of carboxylic acid groups (broad SMARTS) is 1. The van der Waals surface area contributed by atoms with E-state index in [0.717, 1.165) is 26.0 Å². The Balaban J connectivity index is 2.03. The minimum Gasteiger partial charge on any atom is -0.478 e. The number of hydrogen-bond donors (Lipinski definition) is 2. The summed E-state index contributed by atoms with van der Waals surface area (Å²) in [6.45, 7) is 4.00. The molecule has 0 aromatic heterocycles. The molecule has 1 rings (SSSR count). The van der Waals surface area contributed by atoms with Crippen molar-refractivity contribution >= 4 is 5.97 Å². The largest absolute Gasteiger partial charge is 0.478 e. The lowest BCUT2D eigenvalue weighted by atomic mass is 10.1. The molecule has 1 unspecified atom stereocenters. The van der Waals surface area contributed by atoms with Gasteiger partial charge in [-0.3, -0.25) is 0 Å². The van der Waals surface area contributed by atoms with Gasteiger partial charge in [-0.05, 0) is 39.2 Å². The Labute approximate surface area is 96.7 Å². The van der Waals surface area contributed by atoms with Gasteiger partial charge in [0.15, 0.2) is 0 Å². The molecule has 1 saturated heterocycles. The number of ether oxygens (including phenoxy) is 1. The van der Waals surface area contributed by atoms with E-state index in [1.807, 2.05) is 0 Å². The van der Waals surface area contributed by atoms with E-state index in [2.05, 4.69) is 5.32 Å². The molecule has 0 amide bonds. The topological polar surface area (TPSA) is 58.6 Å². The van der Waals surface area contributed by atoms with Gasteiger partial charge in [-0.15, -0.1) is 0 Å². The molecule has 0 aromatic rings. The van der Waals surface area contributed by atoms with Crippen LogP contribution in [0.1, 0.15) is 32.6 Å². The van der Waals surface area contributed by atoms with E-state index in [9.17, 15) is 4.79 Å². The summed E-state index contributed by atoms with van der Waals surface area (Å²) in [5, 5.41) is 11.8. The number of carbonyl (C=O) groups is 1. The number of carboxylic acids is 1. The smallest absolute Gasteiger partial charge is 0.330 e. The highest BCUT2D eigenvalue weighted by Crippen LogP contribution is 2.14. The average molecular weight is 227 g/mol. The average Bonchev–Trinajstić information content (AvgIpc) is 2.29. The maximum absolute atomic E-state index is 10.5. The first-order valence-corrected chi connectivity index (χ1v) is 5.92. The normalized spacial score (nSPS) is 22.1. The van der Waals surface area contributed by atoms with Gasteiger partial charge in [0.25, 0.3) is 0 Å². The number of rotatable bonds is 6. The Morgan fingerprint density at radius 3 is 3.00 bits per heavy atom. The predicted octanol–water partition coefficient (Wildman–Crippen LogP) is 1.57. The molecule has 1 aliphatic rings. The van der Waals surface area contributed by atoms with Gasteiger partial charge in [-0.25, -0.2) is 4.79 Å². The SMILES string of the molecule is CC(=CCNCCC1CCCCO1)C(=O)O. The number of nitrogens with one attached hydrogen (secondary N) is 1. The molecule has 2 N–H and O–H groups in total. The van der Waals surface area contributed by atoms with Gasteiger partial charge in [-0.1, -0.05) is 6.08 Å². The molecule has 4 heteroatoms. The molecule has 0 aliphatic carbocycles. The Morgan fingerprint density at radius 2 is 2.38 bits per heavy atom. The van der Waals surface area contributed by atoms with E-state index in [1.54, 1.807) is 13.0 Å². The molecule has 0 spiro atoms. The second-order valence-corrected chi connectivity index (χ2v) is 4.17. The summed E-state index contributed by atoms with van der Waals surface area (Å²) >= 11 is 0. The molecule has 0 aromatic carbocycles. The van der Waals surface area contributed by atoms with Gasteiger partial charge < -0.3 is 15.2 Å². The van der Waals surface area contributed by atoms with E-state index in [-0.39, 0.29) is 0 Å². The summed E-state index contributed by atoms with van der Waals surface area (Å²) in [4.78, 5) is 10.5. The molecule has 0 bridgehead atoms. The van der Waals surface area contributed by atoms with Crippen LogP contribution in [-0.2, 0) is 9.53 Å². The lowest BCUT2D eigenvalue weighted by Gasteiger charge is -2.22. The van der Waals surface area contributed by atoms with Gasteiger partial charge in [0.1, 0.15) is 0 Å². The minimum absolute atomic E-state index is 0.390. The van der Waals surface area contributed by atoms with Crippen molar-refractivity contribution < 1.29 is 14.6 Å². The quantitative estimate of drug-likeness (QED) is 0.534. The van der Waals surface area contributed by atoms with Crippen molar-refractivity contribution in [3.63, 3.8) is 0 Å². The third kappa shape index (κ3) is 5.28. The highest BCUT2D eigenvalue weighted by Gasteiger charge is 2.12. The standard InChI is InChI=1S/C12H21NO3/c1-10(12(14)15)5-7-13-8-6-11-4-2-3-9-16-11/h5,11,13H,2-4,6-9H2,1H3,(H,14,15).